The maximum Gasteiger partial charge on any atom is 0.314 e. The van der Waals surface area contributed by atoms with Crippen molar-refractivity contribution in [3.63, 3.8) is 0 Å². The van der Waals surface area contributed by atoms with E-state index in [9.17, 15) is 19.8 Å². The second-order valence-electron chi connectivity index (χ2n) is 5.70. The molecule has 7 heteroatoms. The number of phenols is 2. The summed E-state index contributed by atoms with van der Waals surface area (Å²) in [6.07, 6.45) is 3.20. The molecule has 0 saturated heterocycles. The number of amides is 1. The van der Waals surface area contributed by atoms with E-state index in [1.165, 1.54) is 18.3 Å². The molecule has 0 atom stereocenters. The Morgan fingerprint density at radius 2 is 1.72 bits per heavy atom. The Bertz CT molecular complexity index is 806. The molecule has 128 valence electrons. The molecule has 25 heavy (non-hydrogen) atoms. The smallest absolute Gasteiger partial charge is 0.314 e. The summed E-state index contributed by atoms with van der Waals surface area (Å²) in [7, 11) is 0. The summed E-state index contributed by atoms with van der Waals surface area (Å²) >= 11 is 0. The van der Waals surface area contributed by atoms with Crippen molar-refractivity contribution in [1.82, 2.24) is 5.43 Å². The number of ether oxygens (including phenoxy) is 1. The lowest BCUT2D eigenvalue weighted by Crippen LogP contribution is -2.17. The van der Waals surface area contributed by atoms with Gasteiger partial charge in [-0.25, -0.2) is 5.43 Å². The topological polar surface area (TPSA) is 108 Å². The normalized spacial score (nSPS) is 13.6. The van der Waals surface area contributed by atoms with Gasteiger partial charge >= 0.3 is 5.97 Å². The number of nitrogens with one attached hydrogen (secondary N) is 1. The number of nitrogens with zero attached hydrogens (tertiary/aromatic N) is 1. The molecule has 3 rings (SSSR count). The van der Waals surface area contributed by atoms with Gasteiger partial charge in [-0.15, -0.1) is 0 Å². The summed E-state index contributed by atoms with van der Waals surface area (Å²) in [6.45, 7) is 0. The zero-order valence-electron chi connectivity index (χ0n) is 13.2. The SMILES string of the molecule is O=C(NN=Cc1ccc(OC(=O)C2CC2)cc1)c1cc(O)cc(O)c1. The molecule has 1 saturated carbocycles. The molecule has 1 aliphatic carbocycles. The van der Waals surface area contributed by atoms with Crippen LogP contribution in [0.2, 0.25) is 0 Å². The lowest BCUT2D eigenvalue weighted by molar-refractivity contribution is -0.135. The van der Waals surface area contributed by atoms with E-state index >= 15 is 0 Å². The van der Waals surface area contributed by atoms with Crippen LogP contribution in [0.25, 0.3) is 0 Å². The van der Waals surface area contributed by atoms with Crippen LogP contribution in [0.3, 0.4) is 0 Å². The van der Waals surface area contributed by atoms with Gasteiger partial charge in [0.15, 0.2) is 0 Å². The highest BCUT2D eigenvalue weighted by atomic mass is 16.5. The van der Waals surface area contributed by atoms with Crippen LogP contribution in [-0.2, 0) is 4.79 Å². The molecule has 2 aromatic rings. The zero-order chi connectivity index (χ0) is 17.8. The summed E-state index contributed by atoms with van der Waals surface area (Å²) < 4.78 is 5.22. The number of carbonyl (C=O) groups excluding carboxylic acids is 2. The first-order valence-electron chi connectivity index (χ1n) is 7.69. The number of aromatic hydroxyl groups is 2. The van der Waals surface area contributed by atoms with Gasteiger partial charge in [-0.05, 0) is 54.8 Å². The molecule has 0 bridgehead atoms. The van der Waals surface area contributed by atoms with E-state index < -0.39 is 5.91 Å². The molecule has 1 fully saturated rings. The van der Waals surface area contributed by atoms with Gasteiger partial charge in [-0.1, -0.05) is 0 Å². The van der Waals surface area contributed by atoms with E-state index in [-0.39, 0.29) is 28.9 Å². The van der Waals surface area contributed by atoms with Crippen LogP contribution in [-0.4, -0.2) is 28.3 Å². The van der Waals surface area contributed by atoms with Crippen molar-refractivity contribution >= 4 is 18.1 Å². The highest BCUT2D eigenvalue weighted by Crippen LogP contribution is 2.30. The van der Waals surface area contributed by atoms with Gasteiger partial charge in [-0.3, -0.25) is 9.59 Å². The molecule has 1 aliphatic rings. The Labute approximate surface area is 143 Å². The molecule has 3 N–H and O–H groups in total. The largest absolute Gasteiger partial charge is 0.508 e. The van der Waals surface area contributed by atoms with E-state index in [0.717, 1.165) is 18.9 Å². The molecule has 2 aromatic carbocycles. The standard InChI is InChI=1S/C18H16N2O5/c21-14-7-13(8-15(22)9-14)17(23)20-19-10-11-1-5-16(6-2-11)25-18(24)12-3-4-12/h1-2,5-10,12,21-22H,3-4H2,(H,20,23). The van der Waals surface area contributed by atoms with Crippen molar-refractivity contribution in [1.29, 1.82) is 0 Å². The van der Waals surface area contributed by atoms with Gasteiger partial charge in [0.2, 0.25) is 0 Å². The van der Waals surface area contributed by atoms with Crippen molar-refractivity contribution in [2.45, 2.75) is 12.8 Å². The van der Waals surface area contributed by atoms with Crippen LogP contribution >= 0.6 is 0 Å². The predicted octanol–water partition coefficient (Wildman–Crippen LogP) is 2.18. The minimum atomic E-state index is -0.572. The summed E-state index contributed by atoms with van der Waals surface area (Å²) in [6, 6.07) is 10.3. The summed E-state index contributed by atoms with van der Waals surface area (Å²) in [5, 5.41) is 22.5. The van der Waals surface area contributed by atoms with E-state index in [0.29, 0.717) is 11.3 Å². The van der Waals surface area contributed by atoms with E-state index in [2.05, 4.69) is 10.5 Å². The first-order valence-corrected chi connectivity index (χ1v) is 7.69. The fourth-order valence-electron chi connectivity index (χ4n) is 2.10. The molecule has 7 nitrogen and oxygen atoms in total. The number of phenolic OH excluding ortho intramolecular Hbond substituents is 2. The Balaban J connectivity index is 1.56. The predicted molar refractivity (Wildman–Crippen MR) is 89.6 cm³/mol. The minimum Gasteiger partial charge on any atom is -0.508 e. The number of hydrogen-bond acceptors (Lipinski definition) is 6. The van der Waals surface area contributed by atoms with Gasteiger partial charge in [0, 0.05) is 11.6 Å². The molecular weight excluding hydrogens is 324 g/mol. The van der Waals surface area contributed by atoms with Crippen LogP contribution < -0.4 is 10.2 Å². The van der Waals surface area contributed by atoms with Gasteiger partial charge < -0.3 is 14.9 Å². The van der Waals surface area contributed by atoms with Crippen molar-refractivity contribution in [2.24, 2.45) is 11.0 Å². The number of hydrogen-bond donors (Lipinski definition) is 3. The third-order valence-corrected chi connectivity index (χ3v) is 3.55. The lowest BCUT2D eigenvalue weighted by atomic mass is 10.2. The average molecular weight is 340 g/mol. The van der Waals surface area contributed by atoms with E-state index in [4.69, 9.17) is 4.74 Å². The fourth-order valence-corrected chi connectivity index (χ4v) is 2.10. The third kappa shape index (κ3) is 4.57. The van der Waals surface area contributed by atoms with Crippen molar-refractivity contribution in [2.75, 3.05) is 0 Å². The maximum absolute atomic E-state index is 11.9. The number of carbonyl (C=O) groups is 2. The van der Waals surface area contributed by atoms with Crippen LogP contribution in [0.1, 0.15) is 28.8 Å². The minimum absolute atomic E-state index is 0.0355. The second kappa shape index (κ2) is 7.04. The van der Waals surface area contributed by atoms with Crippen molar-refractivity contribution in [3.05, 3.63) is 53.6 Å². The first kappa shape index (κ1) is 16.5. The quantitative estimate of drug-likeness (QED) is 0.335. The van der Waals surface area contributed by atoms with Crippen molar-refractivity contribution < 1.29 is 24.5 Å². The Kier molecular flexibility index (Phi) is 4.65. The fraction of sp³-hybridized carbons (Fsp3) is 0.167. The number of rotatable bonds is 5. The molecule has 0 unspecified atom stereocenters. The van der Waals surface area contributed by atoms with Crippen molar-refractivity contribution in [3.8, 4) is 17.2 Å². The number of benzene rings is 2. The second-order valence-corrected chi connectivity index (χ2v) is 5.70. The number of hydrazone groups is 1. The van der Waals surface area contributed by atoms with Crippen LogP contribution in [0.5, 0.6) is 17.2 Å². The molecule has 0 aliphatic heterocycles. The molecule has 0 spiro atoms. The van der Waals surface area contributed by atoms with Crippen LogP contribution in [0.15, 0.2) is 47.6 Å². The molecule has 0 aromatic heterocycles. The highest BCUT2D eigenvalue weighted by Gasteiger charge is 2.31. The monoisotopic (exact) mass is 340 g/mol. The highest BCUT2D eigenvalue weighted by molar-refractivity contribution is 5.95. The van der Waals surface area contributed by atoms with Gasteiger partial charge in [0.25, 0.3) is 5.91 Å². The Hall–Kier alpha value is -3.35. The van der Waals surface area contributed by atoms with Gasteiger partial charge in [-0.2, -0.15) is 5.10 Å². The van der Waals surface area contributed by atoms with E-state index in [1.807, 2.05) is 0 Å². The molecular formula is C18H16N2O5. The number of esters is 1. The Morgan fingerprint density at radius 1 is 1.08 bits per heavy atom. The first-order chi connectivity index (χ1) is 12.0. The third-order valence-electron chi connectivity index (χ3n) is 3.55. The average Bonchev–Trinajstić information content (AvgIpc) is 3.40. The molecule has 0 heterocycles. The van der Waals surface area contributed by atoms with Gasteiger partial charge in [0.05, 0.1) is 12.1 Å². The van der Waals surface area contributed by atoms with Crippen LogP contribution in [0, 0.1) is 5.92 Å². The summed E-state index contributed by atoms with van der Waals surface area (Å²) in [5.74, 6) is -0.710. The maximum atomic E-state index is 11.9. The van der Waals surface area contributed by atoms with Crippen LogP contribution in [0.4, 0.5) is 0 Å². The Morgan fingerprint density at radius 3 is 2.32 bits per heavy atom. The molecule has 1 amide bonds. The molecule has 0 radical (unpaired) electrons. The zero-order valence-corrected chi connectivity index (χ0v) is 13.2. The van der Waals surface area contributed by atoms with Gasteiger partial charge in [0.1, 0.15) is 17.2 Å². The lowest BCUT2D eigenvalue weighted by Gasteiger charge is -2.03. The van der Waals surface area contributed by atoms with E-state index in [1.54, 1.807) is 24.3 Å². The summed E-state index contributed by atoms with van der Waals surface area (Å²) in [4.78, 5) is 23.4. The summed E-state index contributed by atoms with van der Waals surface area (Å²) in [5.41, 5.74) is 3.07.